The summed E-state index contributed by atoms with van der Waals surface area (Å²) in [7, 11) is 1.76. The van der Waals surface area contributed by atoms with Crippen LogP contribution in [-0.2, 0) is 37.6 Å². The van der Waals surface area contributed by atoms with Crippen LogP contribution in [0.4, 0.5) is 0 Å². The predicted molar refractivity (Wildman–Crippen MR) is 123 cm³/mol. The SMILES string of the molecule is CCOC(=O)[C@]1(N[S+]([O-])C(C)(C)C)c2cc(Br)ccc2C[C@@]12CC[C@H](OC)[C@@H](C)C2. The van der Waals surface area contributed by atoms with E-state index in [-0.39, 0.29) is 24.6 Å². The molecule has 5 atom stereocenters. The molecule has 1 aromatic carbocycles. The zero-order valence-electron chi connectivity index (χ0n) is 18.8. The number of halogens is 1. The predicted octanol–water partition coefficient (Wildman–Crippen LogP) is 4.64. The van der Waals surface area contributed by atoms with E-state index in [1.165, 1.54) is 0 Å². The Morgan fingerprint density at radius 2 is 2.10 bits per heavy atom. The molecule has 7 heteroatoms. The number of ether oxygens (including phenoxy) is 2. The number of carbonyl (C=O) groups excluding carboxylic acids is 1. The fourth-order valence-electron chi connectivity index (χ4n) is 5.30. The van der Waals surface area contributed by atoms with Gasteiger partial charge in [-0.2, -0.15) is 0 Å². The molecule has 0 heterocycles. The van der Waals surface area contributed by atoms with Crippen LogP contribution in [0.2, 0.25) is 0 Å². The average Bonchev–Trinajstić information content (AvgIpc) is 2.91. The Morgan fingerprint density at radius 3 is 2.67 bits per heavy atom. The molecule has 0 saturated heterocycles. The van der Waals surface area contributed by atoms with E-state index in [4.69, 9.17) is 9.47 Å². The number of methoxy groups -OCH3 is 1. The third-order valence-electron chi connectivity index (χ3n) is 6.74. The molecule has 1 spiro atoms. The summed E-state index contributed by atoms with van der Waals surface area (Å²) in [4.78, 5) is 13.8. The van der Waals surface area contributed by atoms with Gasteiger partial charge in [0, 0.05) is 28.4 Å². The van der Waals surface area contributed by atoms with Gasteiger partial charge < -0.3 is 14.0 Å². The lowest BCUT2D eigenvalue weighted by Crippen LogP contribution is -2.64. The Hall–Kier alpha value is -0.600. The number of hydrogen-bond donors (Lipinski definition) is 1. The Labute approximate surface area is 192 Å². The van der Waals surface area contributed by atoms with Gasteiger partial charge in [-0.15, -0.1) is 4.72 Å². The Kier molecular flexibility index (Phi) is 7.00. The van der Waals surface area contributed by atoms with Gasteiger partial charge in [-0.1, -0.05) is 28.9 Å². The van der Waals surface area contributed by atoms with Gasteiger partial charge in [0.1, 0.15) is 4.75 Å². The van der Waals surface area contributed by atoms with Crippen LogP contribution < -0.4 is 4.72 Å². The second-order valence-electron chi connectivity index (χ2n) is 9.71. The molecule has 168 valence electrons. The van der Waals surface area contributed by atoms with E-state index in [1.807, 2.05) is 39.8 Å². The molecule has 5 nitrogen and oxygen atoms in total. The summed E-state index contributed by atoms with van der Waals surface area (Å²) < 4.78 is 28.5. The fourth-order valence-corrected chi connectivity index (χ4v) is 6.66. The Morgan fingerprint density at radius 1 is 1.40 bits per heavy atom. The van der Waals surface area contributed by atoms with E-state index < -0.39 is 27.1 Å². The zero-order valence-corrected chi connectivity index (χ0v) is 21.2. The molecule has 0 radical (unpaired) electrons. The minimum absolute atomic E-state index is 0.166. The number of esters is 1. The van der Waals surface area contributed by atoms with Crippen molar-refractivity contribution in [1.82, 2.24) is 4.72 Å². The number of benzene rings is 1. The van der Waals surface area contributed by atoms with Crippen LogP contribution in [0.5, 0.6) is 0 Å². The zero-order chi connectivity index (χ0) is 22.3. The highest BCUT2D eigenvalue weighted by Gasteiger charge is 2.67. The number of carbonyl (C=O) groups is 1. The van der Waals surface area contributed by atoms with E-state index in [0.29, 0.717) is 0 Å². The van der Waals surface area contributed by atoms with Crippen molar-refractivity contribution in [3.05, 3.63) is 33.8 Å². The van der Waals surface area contributed by atoms with E-state index >= 15 is 0 Å². The van der Waals surface area contributed by atoms with E-state index in [9.17, 15) is 9.35 Å². The molecule has 1 saturated carbocycles. The number of rotatable bonds is 5. The van der Waals surface area contributed by atoms with Gasteiger partial charge in [-0.3, -0.25) is 0 Å². The van der Waals surface area contributed by atoms with Crippen molar-refractivity contribution in [2.45, 2.75) is 76.7 Å². The maximum absolute atomic E-state index is 13.8. The molecule has 0 aromatic heterocycles. The van der Waals surface area contributed by atoms with Gasteiger partial charge in [0.25, 0.3) is 0 Å². The first-order valence-corrected chi connectivity index (χ1v) is 12.6. The van der Waals surface area contributed by atoms with Crippen molar-refractivity contribution >= 4 is 33.3 Å². The molecule has 0 bridgehead atoms. The van der Waals surface area contributed by atoms with Crippen LogP contribution in [0.1, 0.15) is 65.0 Å². The Balaban J connectivity index is 2.21. The summed E-state index contributed by atoms with van der Waals surface area (Å²) in [6, 6.07) is 6.09. The number of fused-ring (bicyclic) bond motifs is 1. The second-order valence-corrected chi connectivity index (χ2v) is 12.6. The molecule has 2 aliphatic carbocycles. The highest BCUT2D eigenvalue weighted by Crippen LogP contribution is 2.60. The maximum atomic E-state index is 13.8. The lowest BCUT2D eigenvalue weighted by atomic mass is 9.59. The summed E-state index contributed by atoms with van der Waals surface area (Å²) in [6.45, 7) is 10.0. The molecule has 0 aliphatic heterocycles. The standard InChI is InChI=1S/C23H34BrNO4S/c1-7-29-20(26)23(25-30(27)21(3,4)5)18-12-17(24)9-8-16(18)14-22(23)11-10-19(28-6)15(2)13-22/h8-9,12,15,19,25H,7,10-11,13-14H2,1-6H3/t15-,19-,22-,23+,30?/m0/s1. The second kappa shape index (κ2) is 8.74. The fraction of sp³-hybridized carbons (Fsp3) is 0.696. The first kappa shape index (κ1) is 24.1. The Bertz CT molecular complexity index is 798. The monoisotopic (exact) mass is 499 g/mol. The molecule has 0 amide bonds. The van der Waals surface area contributed by atoms with Crippen LogP contribution in [0.15, 0.2) is 22.7 Å². The van der Waals surface area contributed by atoms with E-state index in [0.717, 1.165) is 41.3 Å². The van der Waals surface area contributed by atoms with Crippen LogP contribution in [0, 0.1) is 11.3 Å². The highest BCUT2D eigenvalue weighted by molar-refractivity contribution is 9.10. The third kappa shape index (κ3) is 3.96. The maximum Gasteiger partial charge on any atom is 0.336 e. The van der Waals surface area contributed by atoms with Crippen molar-refractivity contribution in [1.29, 1.82) is 0 Å². The molecule has 1 unspecified atom stereocenters. The molecular formula is C23H34BrNO4S. The van der Waals surface area contributed by atoms with Crippen LogP contribution in [0.3, 0.4) is 0 Å². The van der Waals surface area contributed by atoms with Crippen molar-refractivity contribution in [3.8, 4) is 0 Å². The summed E-state index contributed by atoms with van der Waals surface area (Å²) in [5, 5.41) is 0. The van der Waals surface area contributed by atoms with Gasteiger partial charge in [0.15, 0.2) is 5.54 Å². The lowest BCUT2D eigenvalue weighted by molar-refractivity contribution is -0.160. The number of hydrogen-bond acceptors (Lipinski definition) is 5. The minimum atomic E-state index is -1.45. The molecule has 30 heavy (non-hydrogen) atoms. The van der Waals surface area contributed by atoms with Gasteiger partial charge in [-0.05, 0) is 82.6 Å². The summed E-state index contributed by atoms with van der Waals surface area (Å²) in [6.07, 6.45) is 3.38. The number of nitrogens with one attached hydrogen (secondary N) is 1. The topological polar surface area (TPSA) is 70.6 Å². The smallest absolute Gasteiger partial charge is 0.336 e. The highest BCUT2D eigenvalue weighted by atomic mass is 79.9. The molecular weight excluding hydrogens is 466 g/mol. The normalized spacial score (nSPS) is 32.1. The van der Waals surface area contributed by atoms with Crippen molar-refractivity contribution in [2.24, 2.45) is 11.3 Å². The quantitative estimate of drug-likeness (QED) is 0.471. The minimum Gasteiger partial charge on any atom is -0.598 e. The summed E-state index contributed by atoms with van der Waals surface area (Å²) in [5.74, 6) is -0.0531. The van der Waals surface area contributed by atoms with Crippen molar-refractivity contribution in [2.75, 3.05) is 13.7 Å². The van der Waals surface area contributed by atoms with Gasteiger partial charge in [-0.25, -0.2) is 4.79 Å². The molecule has 2 aliphatic rings. The molecule has 3 rings (SSSR count). The molecule has 1 fully saturated rings. The third-order valence-corrected chi connectivity index (χ3v) is 8.84. The molecule has 1 aromatic rings. The lowest BCUT2D eigenvalue weighted by Gasteiger charge is -2.50. The van der Waals surface area contributed by atoms with Crippen molar-refractivity contribution in [3.63, 3.8) is 0 Å². The summed E-state index contributed by atoms with van der Waals surface area (Å²) in [5.41, 5.74) is 0.425. The first-order chi connectivity index (χ1) is 14.0. The summed E-state index contributed by atoms with van der Waals surface area (Å²) >= 11 is 2.13. The van der Waals surface area contributed by atoms with Crippen molar-refractivity contribution < 1.29 is 18.8 Å². The average molecular weight is 500 g/mol. The van der Waals surface area contributed by atoms with Crippen LogP contribution >= 0.6 is 15.9 Å². The first-order valence-electron chi connectivity index (χ1n) is 10.7. The van der Waals surface area contributed by atoms with E-state index in [2.05, 4.69) is 33.6 Å². The van der Waals surface area contributed by atoms with Gasteiger partial charge in [0.05, 0.1) is 12.7 Å². The van der Waals surface area contributed by atoms with Crippen LogP contribution in [-0.4, -0.2) is 35.1 Å². The van der Waals surface area contributed by atoms with Gasteiger partial charge in [0.2, 0.25) is 0 Å². The molecule has 1 N–H and O–H groups in total. The van der Waals surface area contributed by atoms with Crippen LogP contribution in [0.25, 0.3) is 0 Å². The largest absolute Gasteiger partial charge is 0.598 e. The van der Waals surface area contributed by atoms with Gasteiger partial charge >= 0.3 is 5.97 Å². The van der Waals surface area contributed by atoms with E-state index in [1.54, 1.807) is 7.11 Å².